The molecular formula is C24H37N3O. The van der Waals surface area contributed by atoms with Gasteiger partial charge in [-0.05, 0) is 64.3 Å². The first-order chi connectivity index (χ1) is 13.5. The zero-order chi connectivity index (χ0) is 20.3. The standard InChI is InChI=1S/C24H37N3O/c1-6-7-15-26(18(2)3)16-10-13-23-24-21(14-17-27(23)19(4)28)20-11-8-9-12-22(20)25(24)5/h8-9,11-12,18,23H,6-7,10,13-17H2,1-5H3. The van der Waals surface area contributed by atoms with Gasteiger partial charge in [0, 0.05) is 43.2 Å². The first-order valence-electron chi connectivity index (χ1n) is 11.0. The molecule has 0 fully saturated rings. The van der Waals surface area contributed by atoms with Gasteiger partial charge in [0.2, 0.25) is 5.91 Å². The number of fused-ring (bicyclic) bond motifs is 3. The van der Waals surface area contributed by atoms with Gasteiger partial charge in [-0.2, -0.15) is 0 Å². The van der Waals surface area contributed by atoms with Crippen LogP contribution in [-0.4, -0.2) is 46.0 Å². The first kappa shape index (κ1) is 20.9. The lowest BCUT2D eigenvalue weighted by atomic mass is 9.94. The second-order valence-electron chi connectivity index (χ2n) is 8.54. The summed E-state index contributed by atoms with van der Waals surface area (Å²) >= 11 is 0. The maximum Gasteiger partial charge on any atom is 0.220 e. The number of carbonyl (C=O) groups excluding carboxylic acids is 1. The highest BCUT2D eigenvalue weighted by molar-refractivity contribution is 5.86. The van der Waals surface area contributed by atoms with Crippen molar-refractivity contribution in [3.8, 4) is 0 Å². The third kappa shape index (κ3) is 4.12. The molecule has 1 aromatic heterocycles. The molecule has 2 heterocycles. The van der Waals surface area contributed by atoms with Crippen molar-refractivity contribution in [1.82, 2.24) is 14.4 Å². The largest absolute Gasteiger partial charge is 0.346 e. The van der Waals surface area contributed by atoms with Gasteiger partial charge in [0.1, 0.15) is 0 Å². The molecule has 0 N–H and O–H groups in total. The second-order valence-corrected chi connectivity index (χ2v) is 8.54. The van der Waals surface area contributed by atoms with Crippen molar-refractivity contribution < 1.29 is 4.79 Å². The Morgan fingerprint density at radius 2 is 1.93 bits per heavy atom. The molecule has 0 radical (unpaired) electrons. The van der Waals surface area contributed by atoms with Crippen LogP contribution in [0.1, 0.15) is 70.7 Å². The summed E-state index contributed by atoms with van der Waals surface area (Å²) in [6, 6.07) is 9.45. The predicted octanol–water partition coefficient (Wildman–Crippen LogP) is 4.91. The molecule has 0 saturated heterocycles. The topological polar surface area (TPSA) is 28.5 Å². The zero-order valence-corrected chi connectivity index (χ0v) is 18.4. The van der Waals surface area contributed by atoms with E-state index in [2.05, 4.69) is 66.5 Å². The van der Waals surface area contributed by atoms with Crippen molar-refractivity contribution in [2.24, 2.45) is 7.05 Å². The molecular weight excluding hydrogens is 346 g/mol. The Hall–Kier alpha value is -1.81. The number of para-hydroxylation sites is 1. The summed E-state index contributed by atoms with van der Waals surface area (Å²) in [6.45, 7) is 11.7. The predicted molar refractivity (Wildman–Crippen MR) is 118 cm³/mol. The minimum Gasteiger partial charge on any atom is -0.346 e. The molecule has 4 heteroatoms. The molecule has 0 aliphatic carbocycles. The van der Waals surface area contributed by atoms with E-state index < -0.39 is 0 Å². The summed E-state index contributed by atoms with van der Waals surface area (Å²) in [5, 5.41) is 1.36. The maximum atomic E-state index is 12.4. The molecule has 1 unspecified atom stereocenters. The fraction of sp³-hybridized carbons (Fsp3) is 0.625. The molecule has 1 aromatic carbocycles. The van der Waals surface area contributed by atoms with Crippen LogP contribution < -0.4 is 0 Å². The van der Waals surface area contributed by atoms with E-state index in [-0.39, 0.29) is 11.9 Å². The second kappa shape index (κ2) is 9.13. The summed E-state index contributed by atoms with van der Waals surface area (Å²) < 4.78 is 2.34. The number of hydrogen-bond acceptors (Lipinski definition) is 2. The van der Waals surface area contributed by atoms with Crippen LogP contribution in [0.15, 0.2) is 24.3 Å². The molecule has 0 saturated carbocycles. The van der Waals surface area contributed by atoms with E-state index in [1.807, 2.05) is 0 Å². The highest BCUT2D eigenvalue weighted by Gasteiger charge is 2.33. The van der Waals surface area contributed by atoms with Gasteiger partial charge in [0.05, 0.1) is 6.04 Å². The summed E-state index contributed by atoms with van der Waals surface area (Å²) in [5.74, 6) is 0.201. The number of nitrogens with zero attached hydrogens (tertiary/aromatic N) is 3. The summed E-state index contributed by atoms with van der Waals surface area (Å²) in [5.41, 5.74) is 4.09. The summed E-state index contributed by atoms with van der Waals surface area (Å²) in [4.78, 5) is 17.1. The van der Waals surface area contributed by atoms with Crippen molar-refractivity contribution in [1.29, 1.82) is 0 Å². The first-order valence-corrected chi connectivity index (χ1v) is 11.0. The van der Waals surface area contributed by atoms with E-state index >= 15 is 0 Å². The number of benzene rings is 1. The number of hydrogen-bond donors (Lipinski definition) is 0. The summed E-state index contributed by atoms with van der Waals surface area (Å²) in [6.07, 6.45) is 5.61. The molecule has 28 heavy (non-hydrogen) atoms. The Morgan fingerprint density at radius 1 is 1.21 bits per heavy atom. The van der Waals surface area contributed by atoms with Crippen molar-refractivity contribution in [3.05, 3.63) is 35.5 Å². The van der Waals surface area contributed by atoms with Crippen LogP contribution in [0.2, 0.25) is 0 Å². The van der Waals surface area contributed by atoms with Crippen molar-refractivity contribution >= 4 is 16.8 Å². The number of amides is 1. The molecule has 4 nitrogen and oxygen atoms in total. The average Bonchev–Trinajstić information content (AvgIpc) is 2.97. The van der Waals surface area contributed by atoms with Crippen LogP contribution in [0.4, 0.5) is 0 Å². The summed E-state index contributed by atoms with van der Waals surface area (Å²) in [7, 11) is 2.17. The normalized spacial score (nSPS) is 17.0. The minimum absolute atomic E-state index is 0.193. The third-order valence-electron chi connectivity index (χ3n) is 6.41. The lowest BCUT2D eigenvalue weighted by molar-refractivity contribution is -0.132. The number of aryl methyl sites for hydroxylation is 1. The zero-order valence-electron chi connectivity index (χ0n) is 18.4. The third-order valence-corrected chi connectivity index (χ3v) is 6.41. The molecule has 3 rings (SSSR count). The van der Waals surface area contributed by atoms with Gasteiger partial charge >= 0.3 is 0 Å². The molecule has 1 amide bonds. The minimum atomic E-state index is 0.193. The monoisotopic (exact) mass is 383 g/mol. The molecule has 1 aliphatic heterocycles. The van der Waals surface area contributed by atoms with E-state index in [9.17, 15) is 4.79 Å². The Kier molecular flexibility index (Phi) is 6.82. The van der Waals surface area contributed by atoms with E-state index in [0.717, 1.165) is 32.4 Å². The van der Waals surface area contributed by atoms with Crippen molar-refractivity contribution in [3.63, 3.8) is 0 Å². The highest BCUT2D eigenvalue weighted by atomic mass is 16.2. The van der Waals surface area contributed by atoms with Crippen LogP contribution in [0, 0.1) is 0 Å². The smallest absolute Gasteiger partial charge is 0.220 e. The number of aromatic nitrogens is 1. The van der Waals surface area contributed by atoms with E-state index in [1.165, 1.54) is 41.5 Å². The lowest BCUT2D eigenvalue weighted by Gasteiger charge is -2.37. The Labute approximate surface area is 170 Å². The van der Waals surface area contributed by atoms with Crippen LogP contribution >= 0.6 is 0 Å². The van der Waals surface area contributed by atoms with E-state index in [4.69, 9.17) is 0 Å². The molecule has 2 aromatic rings. The van der Waals surface area contributed by atoms with Gasteiger partial charge < -0.3 is 14.4 Å². The van der Waals surface area contributed by atoms with Crippen LogP contribution in [0.5, 0.6) is 0 Å². The van der Waals surface area contributed by atoms with Gasteiger partial charge in [0.15, 0.2) is 0 Å². The van der Waals surface area contributed by atoms with Crippen LogP contribution in [0.3, 0.4) is 0 Å². The average molecular weight is 384 g/mol. The quantitative estimate of drug-likeness (QED) is 0.648. The molecule has 0 spiro atoms. The van der Waals surface area contributed by atoms with Crippen LogP contribution in [-0.2, 0) is 18.3 Å². The van der Waals surface area contributed by atoms with Crippen LogP contribution in [0.25, 0.3) is 10.9 Å². The number of rotatable bonds is 8. The highest BCUT2D eigenvalue weighted by Crippen LogP contribution is 2.38. The molecule has 1 aliphatic rings. The fourth-order valence-corrected chi connectivity index (χ4v) is 4.86. The molecule has 1 atom stereocenters. The molecule has 154 valence electrons. The van der Waals surface area contributed by atoms with Gasteiger partial charge in [-0.1, -0.05) is 31.5 Å². The lowest BCUT2D eigenvalue weighted by Crippen LogP contribution is -2.40. The fourth-order valence-electron chi connectivity index (χ4n) is 4.86. The molecule has 0 bridgehead atoms. The van der Waals surface area contributed by atoms with Crippen molar-refractivity contribution in [2.75, 3.05) is 19.6 Å². The Morgan fingerprint density at radius 3 is 2.61 bits per heavy atom. The number of unbranched alkanes of at least 4 members (excludes halogenated alkanes) is 1. The van der Waals surface area contributed by atoms with Gasteiger partial charge in [-0.25, -0.2) is 0 Å². The van der Waals surface area contributed by atoms with Gasteiger partial charge in [-0.3, -0.25) is 4.79 Å². The Balaban J connectivity index is 1.83. The maximum absolute atomic E-state index is 12.4. The van der Waals surface area contributed by atoms with Gasteiger partial charge in [0.25, 0.3) is 0 Å². The number of carbonyl (C=O) groups is 1. The van der Waals surface area contributed by atoms with Gasteiger partial charge in [-0.15, -0.1) is 0 Å². The Bertz CT molecular complexity index is 808. The van der Waals surface area contributed by atoms with Crippen molar-refractivity contribution in [2.45, 2.75) is 71.9 Å². The van der Waals surface area contributed by atoms with E-state index in [0.29, 0.717) is 6.04 Å². The van der Waals surface area contributed by atoms with E-state index in [1.54, 1.807) is 6.92 Å². The SMILES string of the molecule is CCCCN(CCCC1c2c(c3ccccc3n2C)CCN1C(C)=O)C(C)C.